The predicted molar refractivity (Wildman–Crippen MR) is 58.0 cm³/mol. The fourth-order valence-corrected chi connectivity index (χ4v) is 2.86. The lowest BCUT2D eigenvalue weighted by Crippen LogP contribution is -2.08. The van der Waals surface area contributed by atoms with E-state index in [1.54, 1.807) is 6.33 Å². The van der Waals surface area contributed by atoms with E-state index in [2.05, 4.69) is 15.4 Å². The van der Waals surface area contributed by atoms with Crippen LogP contribution in [0.5, 0.6) is 0 Å². The molecular weight excluding hydrogens is 196 g/mol. The molecule has 0 unspecified atom stereocenters. The molecule has 1 aliphatic carbocycles. The Hall–Kier alpha value is -0.810. The molecule has 76 valence electrons. The average Bonchev–Trinajstić information content (AvgIpc) is 2.71. The Morgan fingerprint density at radius 1 is 1.36 bits per heavy atom. The standard InChI is InChI=1S/C9H14N4S/c10-13-8-5-9(12-6-11-8)14-7-3-1-2-4-7/h5-7H,1-4,10H2,(H,11,12,13). The molecule has 0 aromatic carbocycles. The molecule has 4 nitrogen and oxygen atoms in total. The largest absolute Gasteiger partial charge is 0.308 e. The number of nitrogens with two attached hydrogens (primary N) is 1. The number of thioether (sulfide) groups is 1. The first kappa shape index (κ1) is 9.73. The molecule has 0 amide bonds. The number of rotatable bonds is 3. The minimum absolute atomic E-state index is 0.681. The molecule has 1 aromatic rings. The van der Waals surface area contributed by atoms with Crippen molar-refractivity contribution in [1.82, 2.24) is 9.97 Å². The van der Waals surface area contributed by atoms with Gasteiger partial charge >= 0.3 is 0 Å². The van der Waals surface area contributed by atoms with Crippen molar-refractivity contribution < 1.29 is 0 Å². The second-order valence-corrected chi connectivity index (χ2v) is 4.73. The zero-order chi connectivity index (χ0) is 9.80. The highest BCUT2D eigenvalue weighted by molar-refractivity contribution is 7.99. The maximum absolute atomic E-state index is 5.28. The van der Waals surface area contributed by atoms with Crippen molar-refractivity contribution in [2.75, 3.05) is 5.43 Å². The molecule has 3 N–H and O–H groups in total. The van der Waals surface area contributed by atoms with E-state index in [-0.39, 0.29) is 0 Å². The summed E-state index contributed by atoms with van der Waals surface area (Å²) in [7, 11) is 0. The SMILES string of the molecule is NNc1cc(SC2CCCC2)ncn1. The van der Waals surface area contributed by atoms with Gasteiger partial charge in [0, 0.05) is 11.3 Å². The number of nitrogens with zero attached hydrogens (tertiary/aromatic N) is 2. The van der Waals surface area contributed by atoms with Crippen molar-refractivity contribution in [1.29, 1.82) is 0 Å². The van der Waals surface area contributed by atoms with Gasteiger partial charge < -0.3 is 5.43 Å². The number of nitrogens with one attached hydrogen (secondary N) is 1. The van der Waals surface area contributed by atoms with Crippen LogP contribution in [0, 0.1) is 0 Å². The maximum Gasteiger partial charge on any atom is 0.144 e. The molecule has 2 rings (SSSR count). The normalized spacial score (nSPS) is 17.2. The van der Waals surface area contributed by atoms with Gasteiger partial charge in [0.25, 0.3) is 0 Å². The Morgan fingerprint density at radius 2 is 2.14 bits per heavy atom. The Labute approximate surface area is 87.7 Å². The number of hydrogen-bond donors (Lipinski definition) is 2. The van der Waals surface area contributed by atoms with Crippen LogP contribution in [0.15, 0.2) is 17.4 Å². The van der Waals surface area contributed by atoms with E-state index in [0.29, 0.717) is 5.82 Å². The van der Waals surface area contributed by atoms with Gasteiger partial charge in [0.15, 0.2) is 0 Å². The lowest BCUT2D eigenvalue weighted by molar-refractivity contribution is 0.886. The van der Waals surface area contributed by atoms with Crippen LogP contribution in [0.2, 0.25) is 0 Å². The predicted octanol–water partition coefficient (Wildman–Crippen LogP) is 1.80. The van der Waals surface area contributed by atoms with E-state index in [1.165, 1.54) is 25.7 Å². The van der Waals surface area contributed by atoms with Gasteiger partial charge in [-0.15, -0.1) is 11.8 Å². The van der Waals surface area contributed by atoms with Gasteiger partial charge in [-0.05, 0) is 12.8 Å². The highest BCUT2D eigenvalue weighted by Crippen LogP contribution is 2.33. The molecule has 1 saturated carbocycles. The summed E-state index contributed by atoms with van der Waals surface area (Å²) in [5, 5.41) is 1.75. The molecule has 0 atom stereocenters. The highest BCUT2D eigenvalue weighted by Gasteiger charge is 2.16. The van der Waals surface area contributed by atoms with E-state index < -0.39 is 0 Å². The van der Waals surface area contributed by atoms with Gasteiger partial charge in [0.1, 0.15) is 17.2 Å². The Morgan fingerprint density at radius 3 is 2.86 bits per heavy atom. The number of nitrogen functional groups attached to an aromatic ring is 1. The Balaban J connectivity index is 2.00. The van der Waals surface area contributed by atoms with Crippen molar-refractivity contribution >= 4 is 17.6 Å². The smallest absolute Gasteiger partial charge is 0.144 e. The molecule has 0 saturated heterocycles. The topological polar surface area (TPSA) is 63.8 Å². The maximum atomic E-state index is 5.28. The molecule has 0 aliphatic heterocycles. The molecule has 1 heterocycles. The fourth-order valence-electron chi connectivity index (χ4n) is 1.66. The first-order valence-electron chi connectivity index (χ1n) is 4.84. The van der Waals surface area contributed by atoms with E-state index in [4.69, 9.17) is 5.84 Å². The molecular formula is C9H14N4S. The lowest BCUT2D eigenvalue weighted by atomic mass is 10.4. The molecule has 0 bridgehead atoms. The Bertz CT molecular complexity index is 299. The second kappa shape index (κ2) is 4.61. The number of hydrogen-bond acceptors (Lipinski definition) is 5. The summed E-state index contributed by atoms with van der Waals surface area (Å²) in [4.78, 5) is 8.18. The Kier molecular flexibility index (Phi) is 3.21. The lowest BCUT2D eigenvalue weighted by Gasteiger charge is -2.07. The van der Waals surface area contributed by atoms with Gasteiger partial charge in [-0.25, -0.2) is 15.8 Å². The fraction of sp³-hybridized carbons (Fsp3) is 0.556. The number of hydrazine groups is 1. The van der Waals surface area contributed by atoms with Crippen LogP contribution in [-0.2, 0) is 0 Å². The molecule has 1 fully saturated rings. The summed E-state index contributed by atoms with van der Waals surface area (Å²) in [5.74, 6) is 5.96. The van der Waals surface area contributed by atoms with Crippen molar-refractivity contribution in [2.24, 2.45) is 5.84 Å². The zero-order valence-electron chi connectivity index (χ0n) is 7.94. The zero-order valence-corrected chi connectivity index (χ0v) is 8.76. The summed E-state index contributed by atoms with van der Waals surface area (Å²) in [5.41, 5.74) is 2.53. The minimum atomic E-state index is 0.681. The molecule has 1 aliphatic rings. The van der Waals surface area contributed by atoms with Crippen LogP contribution in [0.25, 0.3) is 0 Å². The van der Waals surface area contributed by atoms with E-state index in [9.17, 15) is 0 Å². The molecule has 5 heteroatoms. The van der Waals surface area contributed by atoms with Gasteiger partial charge in [0.2, 0.25) is 0 Å². The van der Waals surface area contributed by atoms with Crippen LogP contribution in [0.1, 0.15) is 25.7 Å². The first-order valence-corrected chi connectivity index (χ1v) is 5.72. The average molecular weight is 210 g/mol. The van der Waals surface area contributed by atoms with Gasteiger partial charge in [-0.1, -0.05) is 12.8 Å². The van der Waals surface area contributed by atoms with Crippen LogP contribution in [-0.4, -0.2) is 15.2 Å². The van der Waals surface area contributed by atoms with E-state index in [0.717, 1.165) is 10.3 Å². The molecule has 0 spiro atoms. The summed E-state index contributed by atoms with van der Waals surface area (Å²) in [6.45, 7) is 0. The third-order valence-electron chi connectivity index (χ3n) is 2.38. The number of aromatic nitrogens is 2. The van der Waals surface area contributed by atoms with Crippen molar-refractivity contribution in [3.05, 3.63) is 12.4 Å². The minimum Gasteiger partial charge on any atom is -0.308 e. The van der Waals surface area contributed by atoms with Gasteiger partial charge in [-0.3, -0.25) is 0 Å². The van der Waals surface area contributed by atoms with Crippen molar-refractivity contribution in [3.63, 3.8) is 0 Å². The van der Waals surface area contributed by atoms with Crippen molar-refractivity contribution in [3.8, 4) is 0 Å². The number of anilines is 1. The van der Waals surface area contributed by atoms with Crippen molar-refractivity contribution in [2.45, 2.75) is 36.0 Å². The summed E-state index contributed by atoms with van der Waals surface area (Å²) in [6, 6.07) is 1.89. The van der Waals surface area contributed by atoms with E-state index >= 15 is 0 Å². The highest BCUT2D eigenvalue weighted by atomic mass is 32.2. The quantitative estimate of drug-likeness (QED) is 0.452. The molecule has 14 heavy (non-hydrogen) atoms. The summed E-state index contributed by atoms with van der Waals surface area (Å²) in [6.07, 6.45) is 6.86. The monoisotopic (exact) mass is 210 g/mol. The van der Waals surface area contributed by atoms with Crippen LogP contribution in [0.3, 0.4) is 0 Å². The van der Waals surface area contributed by atoms with E-state index in [1.807, 2.05) is 17.8 Å². The summed E-state index contributed by atoms with van der Waals surface area (Å²) >= 11 is 1.83. The molecule has 1 aromatic heterocycles. The third-order valence-corrected chi connectivity index (χ3v) is 3.65. The van der Waals surface area contributed by atoms with Gasteiger partial charge in [-0.2, -0.15) is 0 Å². The van der Waals surface area contributed by atoms with Crippen LogP contribution in [0.4, 0.5) is 5.82 Å². The molecule has 0 radical (unpaired) electrons. The summed E-state index contributed by atoms with van der Waals surface area (Å²) < 4.78 is 0. The van der Waals surface area contributed by atoms with Gasteiger partial charge in [0.05, 0.1) is 0 Å². The van der Waals surface area contributed by atoms with Crippen LogP contribution >= 0.6 is 11.8 Å². The second-order valence-electron chi connectivity index (χ2n) is 3.41. The van der Waals surface area contributed by atoms with Crippen LogP contribution < -0.4 is 11.3 Å². The first-order chi connectivity index (χ1) is 6.88. The third kappa shape index (κ3) is 2.36.